The number of carbonyl (C=O) groups excluding carboxylic acids is 1. The Morgan fingerprint density at radius 1 is 1.78 bits per heavy atom. The van der Waals surface area contributed by atoms with Crippen LogP contribution < -0.4 is 0 Å². The molecular formula is C8H12O. The van der Waals surface area contributed by atoms with E-state index in [-0.39, 0.29) is 11.7 Å². The van der Waals surface area contributed by atoms with Crippen molar-refractivity contribution >= 4 is 5.78 Å². The Morgan fingerprint density at radius 2 is 2.33 bits per heavy atom. The van der Waals surface area contributed by atoms with Crippen molar-refractivity contribution in [2.75, 3.05) is 0 Å². The third-order valence-corrected chi connectivity index (χ3v) is 1.31. The van der Waals surface area contributed by atoms with Crippen LogP contribution in [0, 0.1) is 18.3 Å². The Labute approximate surface area is 56.5 Å². The maximum atomic E-state index is 10.7. The molecule has 0 radical (unpaired) electrons. The second-order valence-corrected chi connectivity index (χ2v) is 2.20. The summed E-state index contributed by atoms with van der Waals surface area (Å²) in [6, 6.07) is 0. The zero-order chi connectivity index (χ0) is 7.28. The first-order valence-electron chi connectivity index (χ1n) is 3.22. The monoisotopic (exact) mass is 124 g/mol. The molecule has 1 unspecified atom stereocenters. The van der Waals surface area contributed by atoms with Gasteiger partial charge in [-0.05, 0) is 12.3 Å². The molecule has 1 atom stereocenters. The Balaban J connectivity index is 3.62. The predicted octanol–water partition coefficient (Wildman–Crippen LogP) is 1.62. The van der Waals surface area contributed by atoms with Gasteiger partial charge < -0.3 is 0 Å². The molecule has 0 aromatic rings. The molecular weight excluding hydrogens is 112 g/mol. The molecule has 0 aromatic carbocycles. The molecule has 0 aliphatic carbocycles. The Kier molecular flexibility index (Phi) is 3.79. The van der Waals surface area contributed by atoms with Crippen LogP contribution in [0.4, 0.5) is 0 Å². The zero-order valence-electron chi connectivity index (χ0n) is 5.98. The molecule has 9 heavy (non-hydrogen) atoms. The van der Waals surface area contributed by atoms with Gasteiger partial charge in [-0.1, -0.05) is 20.3 Å². The summed E-state index contributed by atoms with van der Waals surface area (Å²) in [5, 5.41) is 0. The number of carbonyl (C=O) groups is 1. The van der Waals surface area contributed by atoms with Gasteiger partial charge in [0.25, 0.3) is 0 Å². The summed E-state index contributed by atoms with van der Waals surface area (Å²) in [5.74, 6) is 2.09. The van der Waals surface area contributed by atoms with Gasteiger partial charge in [-0.25, -0.2) is 0 Å². The van der Waals surface area contributed by atoms with E-state index in [4.69, 9.17) is 6.42 Å². The van der Waals surface area contributed by atoms with E-state index in [1.165, 1.54) is 0 Å². The van der Waals surface area contributed by atoms with E-state index in [9.17, 15) is 4.79 Å². The fourth-order valence-corrected chi connectivity index (χ4v) is 0.706. The van der Waals surface area contributed by atoms with Crippen molar-refractivity contribution in [3.8, 4) is 12.3 Å². The van der Waals surface area contributed by atoms with E-state index < -0.39 is 0 Å². The average Bonchev–Trinajstić information content (AvgIpc) is 1.87. The van der Waals surface area contributed by atoms with Crippen LogP contribution in [0.2, 0.25) is 0 Å². The van der Waals surface area contributed by atoms with Crippen molar-refractivity contribution in [1.82, 2.24) is 0 Å². The standard InChI is InChI=1S/C8H12O/c1-4-6-7(3)8(9)5-2/h2,7H,4,6H2,1,3H3. The molecule has 0 aromatic heterocycles. The van der Waals surface area contributed by atoms with Crippen LogP contribution in [0.1, 0.15) is 26.7 Å². The van der Waals surface area contributed by atoms with Crippen molar-refractivity contribution in [2.24, 2.45) is 5.92 Å². The lowest BCUT2D eigenvalue weighted by Gasteiger charge is -2.01. The second-order valence-electron chi connectivity index (χ2n) is 2.20. The lowest BCUT2D eigenvalue weighted by atomic mass is 10.0. The molecule has 0 saturated carbocycles. The Bertz CT molecular complexity index is 130. The van der Waals surface area contributed by atoms with Gasteiger partial charge in [0.05, 0.1) is 0 Å². The first-order chi connectivity index (χ1) is 4.22. The fourth-order valence-electron chi connectivity index (χ4n) is 0.706. The first-order valence-corrected chi connectivity index (χ1v) is 3.22. The molecule has 1 nitrogen and oxygen atoms in total. The van der Waals surface area contributed by atoms with Crippen LogP contribution in [0.3, 0.4) is 0 Å². The summed E-state index contributed by atoms with van der Waals surface area (Å²) in [6.07, 6.45) is 6.83. The lowest BCUT2D eigenvalue weighted by molar-refractivity contribution is -0.117. The van der Waals surface area contributed by atoms with E-state index in [0.717, 1.165) is 12.8 Å². The largest absolute Gasteiger partial charge is 0.285 e. The van der Waals surface area contributed by atoms with E-state index in [1.54, 1.807) is 0 Å². The van der Waals surface area contributed by atoms with Gasteiger partial charge in [0, 0.05) is 5.92 Å². The SMILES string of the molecule is C#CC(=O)C(C)CCC. The molecule has 0 N–H and O–H groups in total. The van der Waals surface area contributed by atoms with Gasteiger partial charge >= 0.3 is 0 Å². The second kappa shape index (κ2) is 4.14. The normalized spacial score (nSPS) is 12.1. The highest BCUT2D eigenvalue weighted by Gasteiger charge is 2.06. The van der Waals surface area contributed by atoms with Crippen molar-refractivity contribution in [3.63, 3.8) is 0 Å². The molecule has 50 valence electrons. The molecule has 1 heteroatoms. The number of Topliss-reactive ketones (excluding diaryl/α,β-unsaturated/α-hetero) is 1. The van der Waals surface area contributed by atoms with Crippen molar-refractivity contribution < 1.29 is 4.79 Å². The molecule has 0 amide bonds. The summed E-state index contributed by atoms with van der Waals surface area (Å²) in [6.45, 7) is 3.91. The number of hydrogen-bond acceptors (Lipinski definition) is 1. The Morgan fingerprint density at radius 3 is 2.67 bits per heavy atom. The predicted molar refractivity (Wildman–Crippen MR) is 37.9 cm³/mol. The van der Waals surface area contributed by atoms with Gasteiger partial charge in [0.2, 0.25) is 5.78 Å². The molecule has 0 heterocycles. The minimum absolute atomic E-state index is 0.0556. The molecule has 0 aliphatic rings. The number of terminal acetylenes is 1. The van der Waals surface area contributed by atoms with E-state index in [2.05, 4.69) is 5.92 Å². The summed E-state index contributed by atoms with van der Waals surface area (Å²) in [5.41, 5.74) is 0. The van der Waals surface area contributed by atoms with Crippen LogP contribution in [-0.2, 0) is 4.79 Å². The van der Waals surface area contributed by atoms with Gasteiger partial charge in [-0.3, -0.25) is 4.79 Å². The molecule has 0 aliphatic heterocycles. The zero-order valence-corrected chi connectivity index (χ0v) is 5.98. The van der Waals surface area contributed by atoms with Crippen LogP contribution in [-0.4, -0.2) is 5.78 Å². The summed E-state index contributed by atoms with van der Waals surface area (Å²) in [4.78, 5) is 10.7. The summed E-state index contributed by atoms with van der Waals surface area (Å²) >= 11 is 0. The van der Waals surface area contributed by atoms with Crippen LogP contribution in [0.25, 0.3) is 0 Å². The number of hydrogen-bond donors (Lipinski definition) is 0. The van der Waals surface area contributed by atoms with Gasteiger partial charge in [0.15, 0.2) is 0 Å². The van der Waals surface area contributed by atoms with Crippen LogP contribution in [0.5, 0.6) is 0 Å². The number of rotatable bonds is 3. The smallest absolute Gasteiger partial charge is 0.207 e. The summed E-state index contributed by atoms with van der Waals surface area (Å²) in [7, 11) is 0. The van der Waals surface area contributed by atoms with Crippen LogP contribution in [0.15, 0.2) is 0 Å². The molecule has 0 rings (SSSR count). The molecule has 0 bridgehead atoms. The third-order valence-electron chi connectivity index (χ3n) is 1.31. The van der Waals surface area contributed by atoms with E-state index in [0.29, 0.717) is 0 Å². The quantitative estimate of drug-likeness (QED) is 0.413. The minimum Gasteiger partial charge on any atom is -0.285 e. The van der Waals surface area contributed by atoms with Crippen molar-refractivity contribution in [1.29, 1.82) is 0 Å². The highest BCUT2D eigenvalue weighted by Crippen LogP contribution is 2.04. The summed E-state index contributed by atoms with van der Waals surface area (Å²) < 4.78 is 0. The Hall–Kier alpha value is -0.770. The molecule has 0 fully saturated rings. The maximum Gasteiger partial charge on any atom is 0.207 e. The van der Waals surface area contributed by atoms with Crippen LogP contribution >= 0.6 is 0 Å². The molecule has 0 spiro atoms. The average molecular weight is 124 g/mol. The highest BCUT2D eigenvalue weighted by molar-refractivity contribution is 5.96. The van der Waals surface area contributed by atoms with Gasteiger partial charge in [-0.15, -0.1) is 6.42 Å². The minimum atomic E-state index is -0.0724. The lowest BCUT2D eigenvalue weighted by Crippen LogP contribution is -2.06. The maximum absolute atomic E-state index is 10.7. The molecule has 0 saturated heterocycles. The van der Waals surface area contributed by atoms with Gasteiger partial charge in [-0.2, -0.15) is 0 Å². The number of ketones is 1. The fraction of sp³-hybridized carbons (Fsp3) is 0.625. The topological polar surface area (TPSA) is 17.1 Å². The van der Waals surface area contributed by atoms with Crippen molar-refractivity contribution in [3.05, 3.63) is 0 Å². The van der Waals surface area contributed by atoms with Crippen molar-refractivity contribution in [2.45, 2.75) is 26.7 Å². The van der Waals surface area contributed by atoms with E-state index >= 15 is 0 Å². The highest BCUT2D eigenvalue weighted by atomic mass is 16.1. The van der Waals surface area contributed by atoms with Gasteiger partial charge in [0.1, 0.15) is 0 Å². The third kappa shape index (κ3) is 2.92. The first kappa shape index (κ1) is 8.23. The van der Waals surface area contributed by atoms with E-state index in [1.807, 2.05) is 13.8 Å².